The molecule has 0 atom stereocenters. The Hall–Kier alpha value is -1.59. The van der Waals surface area contributed by atoms with E-state index >= 15 is 0 Å². The monoisotopic (exact) mass is 363 g/mol. The van der Waals surface area contributed by atoms with E-state index in [0.29, 0.717) is 29.2 Å². The van der Waals surface area contributed by atoms with Crippen LogP contribution in [-0.4, -0.2) is 42.0 Å². The molecule has 1 aliphatic heterocycles. The van der Waals surface area contributed by atoms with Crippen molar-refractivity contribution in [3.8, 4) is 0 Å². The van der Waals surface area contributed by atoms with Crippen LogP contribution in [-0.2, 0) is 6.42 Å². The van der Waals surface area contributed by atoms with E-state index in [1.165, 1.54) is 17.0 Å². The first-order valence-corrected chi connectivity index (χ1v) is 9.48. The number of hydrogen-bond acceptors (Lipinski definition) is 4. The van der Waals surface area contributed by atoms with E-state index in [1.807, 2.05) is 23.1 Å². The van der Waals surface area contributed by atoms with Crippen molar-refractivity contribution in [2.75, 3.05) is 31.1 Å². The lowest BCUT2D eigenvalue weighted by atomic mass is 10.1. The van der Waals surface area contributed by atoms with Gasteiger partial charge in [0.25, 0.3) is 5.91 Å². The molecule has 2 aromatic rings. The fraction of sp³-hybridized carbons (Fsp3) is 0.444. The Balaban J connectivity index is 1.67. The number of benzene rings is 1. The van der Waals surface area contributed by atoms with E-state index < -0.39 is 0 Å². The van der Waals surface area contributed by atoms with Crippen molar-refractivity contribution in [1.82, 2.24) is 9.88 Å². The van der Waals surface area contributed by atoms with Gasteiger partial charge in [0.2, 0.25) is 0 Å². The van der Waals surface area contributed by atoms with Gasteiger partial charge in [0, 0.05) is 36.7 Å². The highest BCUT2D eigenvalue weighted by Crippen LogP contribution is 2.27. The number of para-hydroxylation sites is 1. The van der Waals surface area contributed by atoms with Crippen molar-refractivity contribution in [2.24, 2.45) is 5.92 Å². The van der Waals surface area contributed by atoms with Crippen molar-refractivity contribution in [1.29, 1.82) is 0 Å². The number of amides is 1. The maximum Gasteiger partial charge on any atom is 0.273 e. The largest absolute Gasteiger partial charge is 0.368 e. The fourth-order valence-corrected chi connectivity index (χ4v) is 4.31. The Morgan fingerprint density at radius 3 is 2.50 bits per heavy atom. The molecule has 1 aliphatic rings. The highest BCUT2D eigenvalue weighted by Gasteiger charge is 2.26. The number of carbonyl (C=O) groups is 1. The zero-order chi connectivity index (χ0) is 17.1. The van der Waals surface area contributed by atoms with Gasteiger partial charge in [-0.2, -0.15) is 0 Å². The molecule has 0 unspecified atom stereocenters. The summed E-state index contributed by atoms with van der Waals surface area (Å²) in [6.45, 7) is 7.38. The molecular formula is C18H22ClN3OS. The molecule has 1 aromatic heterocycles. The van der Waals surface area contributed by atoms with Crippen LogP contribution in [0.4, 0.5) is 5.69 Å². The molecule has 4 nitrogen and oxygen atoms in total. The SMILES string of the molecule is CC(C)Cc1sc(Cl)nc1C(=O)N1CCN(c2ccccc2)CC1. The van der Waals surface area contributed by atoms with Gasteiger partial charge in [0.1, 0.15) is 5.69 Å². The highest BCUT2D eigenvalue weighted by molar-refractivity contribution is 7.16. The van der Waals surface area contributed by atoms with Gasteiger partial charge in [0.15, 0.2) is 4.47 Å². The Morgan fingerprint density at radius 1 is 1.21 bits per heavy atom. The second kappa shape index (κ2) is 7.53. The van der Waals surface area contributed by atoms with E-state index in [0.717, 1.165) is 24.4 Å². The third-order valence-corrected chi connectivity index (χ3v) is 5.34. The molecule has 3 rings (SSSR count). The van der Waals surface area contributed by atoms with Crippen LogP contribution in [0.5, 0.6) is 0 Å². The summed E-state index contributed by atoms with van der Waals surface area (Å²) in [5.41, 5.74) is 1.76. The number of thiazole rings is 1. The molecule has 0 bridgehead atoms. The summed E-state index contributed by atoms with van der Waals surface area (Å²) in [4.78, 5) is 22.4. The number of halogens is 1. The normalized spacial score (nSPS) is 15.2. The van der Waals surface area contributed by atoms with E-state index in [4.69, 9.17) is 11.6 Å². The number of aromatic nitrogens is 1. The topological polar surface area (TPSA) is 36.4 Å². The van der Waals surface area contributed by atoms with Crippen molar-refractivity contribution in [3.05, 3.63) is 45.4 Å². The Kier molecular flexibility index (Phi) is 5.41. The Labute approximate surface area is 152 Å². The molecule has 128 valence electrons. The van der Waals surface area contributed by atoms with E-state index in [2.05, 4.69) is 35.9 Å². The lowest BCUT2D eigenvalue weighted by Gasteiger charge is -2.36. The quantitative estimate of drug-likeness (QED) is 0.825. The van der Waals surface area contributed by atoms with Crippen molar-refractivity contribution in [2.45, 2.75) is 20.3 Å². The summed E-state index contributed by atoms with van der Waals surface area (Å²) in [5, 5.41) is 0. The van der Waals surface area contributed by atoms with Crippen LogP contribution in [0.2, 0.25) is 4.47 Å². The standard InChI is InChI=1S/C18H22ClN3OS/c1-13(2)12-15-16(20-18(19)24-15)17(23)22-10-8-21(9-11-22)14-6-4-3-5-7-14/h3-7,13H,8-12H2,1-2H3. The number of nitrogens with zero attached hydrogens (tertiary/aromatic N) is 3. The van der Waals surface area contributed by atoms with E-state index in [-0.39, 0.29) is 5.91 Å². The van der Waals surface area contributed by atoms with Crippen molar-refractivity contribution in [3.63, 3.8) is 0 Å². The zero-order valence-corrected chi connectivity index (χ0v) is 15.6. The first kappa shape index (κ1) is 17.2. The minimum Gasteiger partial charge on any atom is -0.368 e. The van der Waals surface area contributed by atoms with Crippen LogP contribution >= 0.6 is 22.9 Å². The van der Waals surface area contributed by atoms with E-state index in [1.54, 1.807) is 0 Å². The van der Waals surface area contributed by atoms with Crippen molar-refractivity contribution < 1.29 is 4.79 Å². The van der Waals surface area contributed by atoms with Crippen LogP contribution < -0.4 is 4.90 Å². The van der Waals surface area contributed by atoms with Crippen LogP contribution in [0, 0.1) is 5.92 Å². The molecular weight excluding hydrogens is 342 g/mol. The second-order valence-electron chi connectivity index (χ2n) is 6.45. The van der Waals surface area contributed by atoms with Crippen LogP contribution in [0.3, 0.4) is 0 Å². The van der Waals surface area contributed by atoms with E-state index in [9.17, 15) is 4.79 Å². The van der Waals surface area contributed by atoms with Gasteiger partial charge in [-0.25, -0.2) is 4.98 Å². The summed E-state index contributed by atoms with van der Waals surface area (Å²) in [5.74, 6) is 0.490. The average Bonchev–Trinajstić information content (AvgIpc) is 2.95. The molecule has 24 heavy (non-hydrogen) atoms. The molecule has 6 heteroatoms. The molecule has 0 N–H and O–H groups in total. The molecule has 2 heterocycles. The number of carbonyl (C=O) groups excluding carboxylic acids is 1. The minimum atomic E-state index is 0.0153. The molecule has 1 amide bonds. The summed E-state index contributed by atoms with van der Waals surface area (Å²) in [6.07, 6.45) is 0.843. The Morgan fingerprint density at radius 2 is 1.88 bits per heavy atom. The smallest absolute Gasteiger partial charge is 0.273 e. The molecule has 0 spiro atoms. The third-order valence-electron chi connectivity index (χ3n) is 4.16. The lowest BCUT2D eigenvalue weighted by Crippen LogP contribution is -2.49. The van der Waals surface area contributed by atoms with Crippen LogP contribution in [0.1, 0.15) is 29.2 Å². The van der Waals surface area contributed by atoms with Gasteiger partial charge in [-0.1, -0.05) is 43.6 Å². The molecule has 0 aliphatic carbocycles. The summed E-state index contributed by atoms with van der Waals surface area (Å²) >= 11 is 7.49. The molecule has 1 aromatic carbocycles. The number of rotatable bonds is 4. The average molecular weight is 364 g/mol. The fourth-order valence-electron chi connectivity index (χ4n) is 2.96. The summed E-state index contributed by atoms with van der Waals surface area (Å²) < 4.78 is 0.455. The maximum absolute atomic E-state index is 12.9. The number of piperazine rings is 1. The molecule has 0 radical (unpaired) electrons. The molecule has 0 saturated carbocycles. The van der Waals surface area contributed by atoms with Gasteiger partial charge in [-0.3, -0.25) is 4.79 Å². The molecule has 1 saturated heterocycles. The first-order valence-electron chi connectivity index (χ1n) is 8.29. The van der Waals surface area contributed by atoms with Gasteiger partial charge >= 0.3 is 0 Å². The number of hydrogen-bond donors (Lipinski definition) is 0. The third kappa shape index (κ3) is 3.90. The second-order valence-corrected chi connectivity index (χ2v) is 8.12. The van der Waals surface area contributed by atoms with Crippen LogP contribution in [0.15, 0.2) is 30.3 Å². The highest BCUT2D eigenvalue weighted by atomic mass is 35.5. The van der Waals surface area contributed by atoms with Gasteiger partial charge in [-0.05, 0) is 24.5 Å². The van der Waals surface area contributed by atoms with Crippen LogP contribution in [0.25, 0.3) is 0 Å². The Bertz CT molecular complexity index is 694. The first-order chi connectivity index (χ1) is 11.5. The predicted molar refractivity (Wildman–Crippen MR) is 100 cm³/mol. The minimum absolute atomic E-state index is 0.0153. The lowest BCUT2D eigenvalue weighted by molar-refractivity contribution is 0.0740. The van der Waals surface area contributed by atoms with Gasteiger partial charge in [-0.15, -0.1) is 11.3 Å². The zero-order valence-electron chi connectivity index (χ0n) is 14.0. The predicted octanol–water partition coefficient (Wildman–Crippen LogP) is 3.96. The summed E-state index contributed by atoms with van der Waals surface area (Å²) in [7, 11) is 0. The molecule has 1 fully saturated rings. The van der Waals surface area contributed by atoms with Crippen molar-refractivity contribution >= 4 is 34.5 Å². The van der Waals surface area contributed by atoms with Gasteiger partial charge < -0.3 is 9.80 Å². The number of anilines is 1. The van der Waals surface area contributed by atoms with Gasteiger partial charge in [0.05, 0.1) is 0 Å². The summed E-state index contributed by atoms with van der Waals surface area (Å²) in [6, 6.07) is 10.3. The maximum atomic E-state index is 12.9.